The van der Waals surface area contributed by atoms with E-state index in [-0.39, 0.29) is 13.2 Å². The number of carbonyl (C=O) groups is 1. The van der Waals surface area contributed by atoms with Crippen LogP contribution < -0.4 is 4.74 Å². The first-order chi connectivity index (χ1) is 12.1. The van der Waals surface area contributed by atoms with Crippen LogP contribution in [0.4, 0.5) is 0 Å². The molecule has 4 nitrogen and oxygen atoms in total. The van der Waals surface area contributed by atoms with Crippen molar-refractivity contribution in [1.29, 1.82) is 0 Å². The van der Waals surface area contributed by atoms with Gasteiger partial charge in [0.1, 0.15) is 25.1 Å². The highest BCUT2D eigenvalue weighted by molar-refractivity contribution is 5.86. The van der Waals surface area contributed by atoms with E-state index in [0.717, 1.165) is 33.6 Å². The summed E-state index contributed by atoms with van der Waals surface area (Å²) in [6.07, 6.45) is 0.469. The molecule has 1 N–H and O–H groups in total. The molecule has 0 bridgehead atoms. The molecule has 1 rings (SSSR count). The van der Waals surface area contributed by atoms with Gasteiger partial charge in [-0.2, -0.15) is 0 Å². The van der Waals surface area contributed by atoms with Gasteiger partial charge in [-0.15, -0.1) is 0 Å². The predicted molar refractivity (Wildman–Crippen MR) is 105 cm³/mol. The number of esters is 1. The van der Waals surface area contributed by atoms with Crippen molar-refractivity contribution in [2.75, 3.05) is 13.2 Å². The third-order valence-corrected chi connectivity index (χ3v) is 3.55. The van der Waals surface area contributed by atoms with Crippen LogP contribution in [0.5, 0.6) is 5.75 Å². The summed E-state index contributed by atoms with van der Waals surface area (Å²) in [5.74, 6) is 0.220. The molecule has 142 valence electrons. The van der Waals surface area contributed by atoms with Gasteiger partial charge >= 0.3 is 5.97 Å². The molecule has 0 aromatic heterocycles. The molecule has 1 aromatic carbocycles. The van der Waals surface area contributed by atoms with E-state index >= 15 is 0 Å². The number of aliphatic hydroxyl groups is 1. The lowest BCUT2D eigenvalue weighted by Crippen LogP contribution is -2.26. The molecule has 26 heavy (non-hydrogen) atoms. The maximum absolute atomic E-state index is 11.4. The van der Waals surface area contributed by atoms with Crippen molar-refractivity contribution in [2.45, 2.75) is 46.6 Å². The molecule has 0 spiro atoms. The van der Waals surface area contributed by atoms with Crippen molar-refractivity contribution in [1.82, 2.24) is 0 Å². The second kappa shape index (κ2) is 9.97. The minimum Gasteiger partial charge on any atom is -0.490 e. The van der Waals surface area contributed by atoms with Crippen molar-refractivity contribution < 1.29 is 19.4 Å². The Morgan fingerprint density at radius 1 is 1.04 bits per heavy atom. The summed E-state index contributed by atoms with van der Waals surface area (Å²) < 4.78 is 10.9. The van der Waals surface area contributed by atoms with Gasteiger partial charge in [0.25, 0.3) is 0 Å². The van der Waals surface area contributed by atoms with Crippen LogP contribution in [0.1, 0.15) is 37.5 Å². The number of aliphatic hydroxyl groups excluding tert-OH is 1. The van der Waals surface area contributed by atoms with Crippen molar-refractivity contribution in [3.05, 3.63) is 65.3 Å². The first-order valence-corrected chi connectivity index (χ1v) is 8.64. The van der Waals surface area contributed by atoms with Crippen molar-refractivity contribution in [2.24, 2.45) is 0 Å². The molecule has 1 atom stereocenters. The molecule has 0 aliphatic rings. The van der Waals surface area contributed by atoms with Gasteiger partial charge in [0.15, 0.2) is 0 Å². The quantitative estimate of drug-likeness (QED) is 0.389. The predicted octanol–water partition coefficient (Wildman–Crippen LogP) is 4.09. The van der Waals surface area contributed by atoms with E-state index in [1.165, 1.54) is 0 Å². The number of ether oxygens (including phenoxy) is 2. The Balaban J connectivity index is 2.93. The monoisotopic (exact) mass is 358 g/mol. The summed E-state index contributed by atoms with van der Waals surface area (Å²) >= 11 is 0. The molecule has 0 aliphatic heterocycles. The van der Waals surface area contributed by atoms with Gasteiger partial charge in [0.05, 0.1) is 0 Å². The second-order valence-corrected chi connectivity index (χ2v) is 7.02. The summed E-state index contributed by atoms with van der Waals surface area (Å²) in [5.41, 5.74) is 5.54. The summed E-state index contributed by atoms with van der Waals surface area (Å²) in [6.45, 7) is 18.9. The van der Waals surface area contributed by atoms with E-state index < -0.39 is 12.1 Å². The average molecular weight is 358 g/mol. The Bertz CT molecular complexity index is 663. The highest BCUT2D eigenvalue weighted by atomic mass is 16.5. The lowest BCUT2D eigenvalue weighted by atomic mass is 9.96. The van der Waals surface area contributed by atoms with Crippen molar-refractivity contribution in [3.63, 3.8) is 0 Å². The van der Waals surface area contributed by atoms with E-state index in [0.29, 0.717) is 18.4 Å². The Labute approximate surface area is 156 Å². The molecule has 0 saturated carbocycles. The summed E-state index contributed by atoms with van der Waals surface area (Å²) in [5, 5.41) is 10.1. The minimum atomic E-state index is -0.921. The summed E-state index contributed by atoms with van der Waals surface area (Å²) in [7, 11) is 0. The number of rotatable bonds is 10. The fourth-order valence-electron chi connectivity index (χ4n) is 2.55. The normalized spacial score (nSPS) is 11.6. The zero-order chi connectivity index (χ0) is 19.9. The van der Waals surface area contributed by atoms with Gasteiger partial charge in [-0.25, -0.2) is 4.79 Å². The van der Waals surface area contributed by atoms with Crippen LogP contribution >= 0.6 is 0 Å². The lowest BCUT2D eigenvalue weighted by Gasteiger charge is -2.19. The SMILES string of the molecule is C=C(C)Cc1cc(C)cc(CC(=C)C)c1OCC(O)COC(=O)C(=C)C. The largest absolute Gasteiger partial charge is 0.490 e. The van der Waals surface area contributed by atoms with Crippen LogP contribution in [0.3, 0.4) is 0 Å². The molecule has 1 aromatic rings. The first-order valence-electron chi connectivity index (χ1n) is 8.64. The van der Waals surface area contributed by atoms with Crippen LogP contribution in [-0.4, -0.2) is 30.4 Å². The zero-order valence-electron chi connectivity index (χ0n) is 16.4. The number of allylic oxidation sites excluding steroid dienone is 2. The Morgan fingerprint density at radius 2 is 1.54 bits per heavy atom. The molecule has 0 saturated heterocycles. The Kier molecular flexibility index (Phi) is 8.33. The molecular weight excluding hydrogens is 328 g/mol. The fourth-order valence-corrected chi connectivity index (χ4v) is 2.55. The van der Waals surface area contributed by atoms with Crippen molar-refractivity contribution in [3.8, 4) is 5.75 Å². The van der Waals surface area contributed by atoms with Crippen LogP contribution in [0.2, 0.25) is 0 Å². The summed E-state index contributed by atoms with van der Waals surface area (Å²) in [6, 6.07) is 4.14. The fraction of sp³-hybridized carbons (Fsp3) is 0.409. The minimum absolute atomic E-state index is 0.0267. The average Bonchev–Trinajstić information content (AvgIpc) is 2.50. The van der Waals surface area contributed by atoms with Gasteiger partial charge in [-0.05, 0) is 51.7 Å². The molecular formula is C22H30O4. The van der Waals surface area contributed by atoms with E-state index in [2.05, 4.69) is 31.9 Å². The molecule has 1 unspecified atom stereocenters. The first kappa shape index (κ1) is 21.7. The van der Waals surface area contributed by atoms with Crippen LogP contribution in [-0.2, 0) is 22.4 Å². The van der Waals surface area contributed by atoms with E-state index in [1.54, 1.807) is 6.92 Å². The van der Waals surface area contributed by atoms with E-state index in [4.69, 9.17) is 9.47 Å². The molecule has 0 amide bonds. The third-order valence-electron chi connectivity index (χ3n) is 3.55. The maximum Gasteiger partial charge on any atom is 0.333 e. The lowest BCUT2D eigenvalue weighted by molar-refractivity contribution is -0.142. The number of benzene rings is 1. The van der Waals surface area contributed by atoms with Gasteiger partial charge in [-0.1, -0.05) is 48.6 Å². The smallest absolute Gasteiger partial charge is 0.333 e. The standard InChI is InChI=1S/C22H30O4/c1-14(2)8-18-10-17(7)11-19(9-15(3)4)21(18)25-12-20(23)13-26-22(24)16(5)6/h10-11,20,23H,1,3,5,8-9,12-13H2,2,4,6-7H3. The molecule has 0 radical (unpaired) electrons. The van der Waals surface area contributed by atoms with Gasteiger partial charge in [0.2, 0.25) is 0 Å². The summed E-state index contributed by atoms with van der Waals surface area (Å²) in [4.78, 5) is 11.4. The van der Waals surface area contributed by atoms with Crippen LogP contribution in [0.25, 0.3) is 0 Å². The number of hydrogen-bond acceptors (Lipinski definition) is 4. The molecule has 0 heterocycles. The topological polar surface area (TPSA) is 55.8 Å². The Morgan fingerprint density at radius 3 is 1.96 bits per heavy atom. The van der Waals surface area contributed by atoms with Gasteiger partial charge in [-0.3, -0.25) is 0 Å². The highest BCUT2D eigenvalue weighted by Crippen LogP contribution is 2.30. The zero-order valence-corrected chi connectivity index (χ0v) is 16.4. The van der Waals surface area contributed by atoms with E-state index in [9.17, 15) is 9.90 Å². The highest BCUT2D eigenvalue weighted by Gasteiger charge is 2.15. The molecule has 0 aliphatic carbocycles. The third kappa shape index (κ3) is 7.28. The second-order valence-electron chi connectivity index (χ2n) is 7.02. The van der Waals surface area contributed by atoms with Gasteiger partial charge < -0.3 is 14.6 Å². The van der Waals surface area contributed by atoms with E-state index in [1.807, 2.05) is 20.8 Å². The maximum atomic E-state index is 11.4. The van der Waals surface area contributed by atoms with Crippen LogP contribution in [0.15, 0.2) is 48.6 Å². The Hall–Kier alpha value is -2.33. The van der Waals surface area contributed by atoms with Gasteiger partial charge in [0, 0.05) is 5.57 Å². The van der Waals surface area contributed by atoms with Crippen molar-refractivity contribution >= 4 is 5.97 Å². The number of carbonyl (C=O) groups excluding carboxylic acids is 1. The number of aryl methyl sites for hydroxylation is 1. The molecule has 4 heteroatoms. The number of hydrogen-bond donors (Lipinski definition) is 1. The van der Waals surface area contributed by atoms with Crippen LogP contribution in [0, 0.1) is 6.92 Å². The molecule has 0 fully saturated rings.